The van der Waals surface area contributed by atoms with Gasteiger partial charge < -0.3 is 9.47 Å². The molecule has 2 heterocycles. The maximum Gasteiger partial charge on any atom is 0.284 e. The van der Waals surface area contributed by atoms with Crippen LogP contribution in [0.25, 0.3) is 0 Å². The second kappa shape index (κ2) is 10.2. The van der Waals surface area contributed by atoms with Gasteiger partial charge in [-0.3, -0.25) is 9.63 Å². The number of hydroxylamine groups is 1. The van der Waals surface area contributed by atoms with Crippen LogP contribution >= 0.6 is 23.2 Å². The van der Waals surface area contributed by atoms with Gasteiger partial charge in [-0.1, -0.05) is 29.3 Å². The molecule has 1 aromatic carbocycles. The van der Waals surface area contributed by atoms with E-state index in [1.54, 1.807) is 49.5 Å². The Bertz CT molecular complexity index is 1000. The number of halogens is 3. The summed E-state index contributed by atoms with van der Waals surface area (Å²) in [5, 5.41) is 0.542. The van der Waals surface area contributed by atoms with E-state index in [2.05, 4.69) is 15.4 Å². The number of carbonyl (C=O) groups excluding carboxylic acids is 1. The van der Waals surface area contributed by atoms with Crippen LogP contribution in [0, 0.1) is 5.82 Å². The standard InChI is InChI=1S/C20H16Cl2FN3O4/c1-12(19(27)26-28-11-13-2-7-18(22)24-9-13)29-15-3-5-16(6-4-15)30-20-17(23)8-14(21)10-25-20/h2-10,12H,11H2,1H3,(H,26,27)/t12-/m1/s1. The molecule has 7 nitrogen and oxygen atoms in total. The van der Waals surface area contributed by atoms with Gasteiger partial charge in [0.05, 0.1) is 5.02 Å². The SMILES string of the molecule is C[C@@H](Oc1ccc(Oc2ncc(Cl)cc2F)cc1)C(=O)NOCc1ccc(Cl)nc1. The zero-order valence-electron chi connectivity index (χ0n) is 15.6. The van der Waals surface area contributed by atoms with Crippen LogP contribution in [0.1, 0.15) is 12.5 Å². The molecule has 1 atom stereocenters. The Kier molecular flexibility index (Phi) is 7.40. The number of amides is 1. The molecule has 156 valence electrons. The third-order valence-corrected chi connectivity index (χ3v) is 4.12. The van der Waals surface area contributed by atoms with Crippen LogP contribution in [0.4, 0.5) is 4.39 Å². The van der Waals surface area contributed by atoms with Gasteiger partial charge in [0.25, 0.3) is 11.8 Å². The molecule has 2 aromatic heterocycles. The Morgan fingerprint density at radius 1 is 1.10 bits per heavy atom. The second-order valence-electron chi connectivity index (χ2n) is 6.02. The van der Waals surface area contributed by atoms with Crippen LogP contribution in [0.3, 0.4) is 0 Å². The third-order valence-electron chi connectivity index (χ3n) is 3.69. The van der Waals surface area contributed by atoms with E-state index in [1.807, 2.05) is 0 Å². The Morgan fingerprint density at radius 3 is 2.50 bits per heavy atom. The number of pyridine rings is 2. The first-order valence-corrected chi connectivity index (χ1v) is 9.44. The Hall–Kier alpha value is -2.94. The van der Waals surface area contributed by atoms with E-state index in [0.29, 0.717) is 16.7 Å². The summed E-state index contributed by atoms with van der Waals surface area (Å²) in [6.07, 6.45) is 2.00. The molecule has 3 rings (SSSR count). The van der Waals surface area contributed by atoms with E-state index in [0.717, 1.165) is 11.6 Å². The quantitative estimate of drug-likeness (QED) is 0.393. The number of ether oxygens (including phenoxy) is 2. The lowest BCUT2D eigenvalue weighted by molar-refractivity contribution is -0.141. The summed E-state index contributed by atoms with van der Waals surface area (Å²) in [6, 6.07) is 10.7. The van der Waals surface area contributed by atoms with E-state index >= 15 is 0 Å². The second-order valence-corrected chi connectivity index (χ2v) is 6.84. The van der Waals surface area contributed by atoms with Gasteiger partial charge in [-0.2, -0.15) is 0 Å². The molecule has 30 heavy (non-hydrogen) atoms. The van der Waals surface area contributed by atoms with E-state index in [-0.39, 0.29) is 17.5 Å². The molecule has 0 bridgehead atoms. The molecule has 1 amide bonds. The van der Waals surface area contributed by atoms with Crippen LogP contribution in [-0.2, 0) is 16.2 Å². The Labute approximate surface area is 181 Å². The predicted molar refractivity (Wildman–Crippen MR) is 108 cm³/mol. The fraction of sp³-hybridized carbons (Fsp3) is 0.150. The van der Waals surface area contributed by atoms with Crippen molar-refractivity contribution in [1.82, 2.24) is 15.4 Å². The average molecular weight is 452 g/mol. The zero-order valence-corrected chi connectivity index (χ0v) is 17.2. The number of hydrogen-bond acceptors (Lipinski definition) is 6. The molecular weight excluding hydrogens is 436 g/mol. The molecule has 10 heteroatoms. The van der Waals surface area contributed by atoms with Gasteiger partial charge in [-0.25, -0.2) is 19.8 Å². The molecule has 0 saturated heterocycles. The predicted octanol–water partition coefficient (Wildman–Crippen LogP) is 4.73. The van der Waals surface area contributed by atoms with Gasteiger partial charge in [0.15, 0.2) is 11.9 Å². The first-order chi connectivity index (χ1) is 14.4. The van der Waals surface area contributed by atoms with Crippen LogP contribution in [0.15, 0.2) is 54.9 Å². The van der Waals surface area contributed by atoms with Crippen molar-refractivity contribution in [2.24, 2.45) is 0 Å². The van der Waals surface area contributed by atoms with Crippen molar-refractivity contribution < 1.29 is 23.5 Å². The van der Waals surface area contributed by atoms with Gasteiger partial charge in [-0.05, 0) is 48.9 Å². The first kappa shape index (κ1) is 21.8. The maximum absolute atomic E-state index is 13.7. The molecule has 0 unspecified atom stereocenters. The van der Waals surface area contributed by atoms with Crippen molar-refractivity contribution in [3.63, 3.8) is 0 Å². The summed E-state index contributed by atoms with van der Waals surface area (Å²) in [5.74, 6) is -0.592. The molecule has 0 saturated carbocycles. The summed E-state index contributed by atoms with van der Waals surface area (Å²) >= 11 is 11.4. The number of aromatic nitrogens is 2. The topological polar surface area (TPSA) is 82.6 Å². The molecular formula is C20H16Cl2FN3O4. The summed E-state index contributed by atoms with van der Waals surface area (Å²) in [6.45, 7) is 1.70. The minimum absolute atomic E-state index is 0.129. The highest BCUT2D eigenvalue weighted by Gasteiger charge is 2.15. The van der Waals surface area contributed by atoms with E-state index < -0.39 is 17.8 Å². The summed E-state index contributed by atoms with van der Waals surface area (Å²) in [5.41, 5.74) is 3.06. The summed E-state index contributed by atoms with van der Waals surface area (Å²) < 4.78 is 24.7. The molecule has 0 aliphatic rings. The summed E-state index contributed by atoms with van der Waals surface area (Å²) in [7, 11) is 0. The van der Waals surface area contributed by atoms with Crippen molar-refractivity contribution in [2.75, 3.05) is 0 Å². The Morgan fingerprint density at radius 2 is 1.83 bits per heavy atom. The van der Waals surface area contributed by atoms with Crippen molar-refractivity contribution in [3.8, 4) is 17.4 Å². The lowest BCUT2D eigenvalue weighted by Gasteiger charge is -2.15. The number of rotatable bonds is 8. The van der Waals surface area contributed by atoms with Crippen molar-refractivity contribution in [3.05, 3.63) is 76.4 Å². The fourth-order valence-corrected chi connectivity index (χ4v) is 2.45. The number of nitrogens with zero attached hydrogens (tertiary/aromatic N) is 2. The Balaban J connectivity index is 1.47. The van der Waals surface area contributed by atoms with E-state index in [1.165, 1.54) is 6.20 Å². The smallest absolute Gasteiger partial charge is 0.284 e. The van der Waals surface area contributed by atoms with Crippen molar-refractivity contribution in [2.45, 2.75) is 19.6 Å². The zero-order chi connectivity index (χ0) is 21.5. The van der Waals surface area contributed by atoms with Gasteiger partial charge >= 0.3 is 0 Å². The highest BCUT2D eigenvalue weighted by molar-refractivity contribution is 6.30. The first-order valence-electron chi connectivity index (χ1n) is 8.68. The number of carbonyl (C=O) groups is 1. The maximum atomic E-state index is 13.7. The van der Waals surface area contributed by atoms with Crippen molar-refractivity contribution >= 4 is 29.1 Å². The molecule has 1 N–H and O–H groups in total. The van der Waals surface area contributed by atoms with Crippen LogP contribution in [0.5, 0.6) is 17.4 Å². The van der Waals surface area contributed by atoms with Crippen LogP contribution in [-0.4, -0.2) is 22.0 Å². The summed E-state index contributed by atoms with van der Waals surface area (Å²) in [4.78, 5) is 24.9. The minimum Gasteiger partial charge on any atom is -0.481 e. The number of benzene rings is 1. The highest BCUT2D eigenvalue weighted by atomic mass is 35.5. The molecule has 3 aromatic rings. The van der Waals surface area contributed by atoms with Gasteiger partial charge in [0.2, 0.25) is 0 Å². The minimum atomic E-state index is -0.824. The average Bonchev–Trinajstić information content (AvgIpc) is 2.73. The van der Waals surface area contributed by atoms with E-state index in [4.69, 9.17) is 37.5 Å². The molecule has 0 spiro atoms. The largest absolute Gasteiger partial charge is 0.481 e. The van der Waals surface area contributed by atoms with Crippen molar-refractivity contribution in [1.29, 1.82) is 0 Å². The van der Waals surface area contributed by atoms with E-state index in [9.17, 15) is 9.18 Å². The molecule has 0 aliphatic carbocycles. The number of hydrogen-bond donors (Lipinski definition) is 1. The number of nitrogens with one attached hydrogen (secondary N) is 1. The van der Waals surface area contributed by atoms with Gasteiger partial charge in [-0.15, -0.1) is 0 Å². The van der Waals surface area contributed by atoms with Crippen LogP contribution in [0.2, 0.25) is 10.2 Å². The molecule has 0 radical (unpaired) electrons. The highest BCUT2D eigenvalue weighted by Crippen LogP contribution is 2.26. The third kappa shape index (κ3) is 6.28. The molecule has 0 fully saturated rings. The van der Waals surface area contributed by atoms with Gasteiger partial charge in [0, 0.05) is 12.4 Å². The molecule has 0 aliphatic heterocycles. The lowest BCUT2D eigenvalue weighted by atomic mass is 10.3. The van der Waals surface area contributed by atoms with Gasteiger partial charge in [0.1, 0.15) is 23.3 Å². The monoisotopic (exact) mass is 451 g/mol. The fourth-order valence-electron chi connectivity index (χ4n) is 2.20. The van der Waals surface area contributed by atoms with Crippen LogP contribution < -0.4 is 15.0 Å². The normalized spacial score (nSPS) is 11.6. The lowest BCUT2D eigenvalue weighted by Crippen LogP contribution is -2.36.